The fourth-order valence-corrected chi connectivity index (χ4v) is 4.96. The standard InChI is InChI=1S/C23H29N.2CH4/c1-6-24-17(5)16(4)19-10-8-12-21(23(19)24)20-11-7-9-18-15(3)14(2)13-22(18)20;;/h7-12,14-17H,6,13H2,1-5H3;2*1H4/t14-,15-,16-,17+;;/m1../s1. The zero-order chi connectivity index (χ0) is 17.0. The quantitative estimate of drug-likeness (QED) is 0.550. The second-order valence-corrected chi connectivity index (χ2v) is 7.90. The molecule has 0 amide bonds. The second kappa shape index (κ2) is 7.47. The minimum Gasteiger partial charge on any atom is -0.368 e. The van der Waals surface area contributed by atoms with Crippen LogP contribution < -0.4 is 4.90 Å². The lowest BCUT2D eigenvalue weighted by Gasteiger charge is -2.27. The van der Waals surface area contributed by atoms with Crippen LogP contribution in [-0.4, -0.2) is 12.6 Å². The molecule has 0 aromatic heterocycles. The van der Waals surface area contributed by atoms with E-state index in [9.17, 15) is 0 Å². The summed E-state index contributed by atoms with van der Waals surface area (Å²) in [4.78, 5) is 2.61. The first-order chi connectivity index (χ1) is 11.5. The number of fused-ring (bicyclic) bond motifs is 2. The Labute approximate surface area is 161 Å². The van der Waals surface area contributed by atoms with E-state index in [-0.39, 0.29) is 14.9 Å². The molecule has 4 rings (SSSR count). The van der Waals surface area contributed by atoms with Crippen molar-refractivity contribution in [3.05, 3.63) is 53.1 Å². The van der Waals surface area contributed by atoms with E-state index in [0.717, 1.165) is 12.5 Å². The van der Waals surface area contributed by atoms with Gasteiger partial charge in [-0.3, -0.25) is 0 Å². The molecule has 0 bridgehead atoms. The van der Waals surface area contributed by atoms with Gasteiger partial charge in [0, 0.05) is 29.8 Å². The number of nitrogens with zero attached hydrogens (tertiary/aromatic N) is 1. The summed E-state index contributed by atoms with van der Waals surface area (Å²) < 4.78 is 0. The SMILES string of the molecule is C.C.CCN1c2c(-c3cccc4c3C[C@@H](C)[C@H]4C)cccc2[C@H](C)[C@@H]1C. The number of rotatable bonds is 2. The highest BCUT2D eigenvalue weighted by atomic mass is 15.2. The molecule has 0 saturated heterocycles. The largest absolute Gasteiger partial charge is 0.368 e. The van der Waals surface area contributed by atoms with E-state index in [0.29, 0.717) is 17.9 Å². The van der Waals surface area contributed by atoms with Crippen LogP contribution in [0.2, 0.25) is 0 Å². The lowest BCUT2D eigenvalue weighted by atomic mass is 9.91. The van der Waals surface area contributed by atoms with Crippen LogP contribution in [0.1, 0.15) is 78.0 Å². The van der Waals surface area contributed by atoms with Gasteiger partial charge in [0.2, 0.25) is 0 Å². The van der Waals surface area contributed by atoms with Crippen molar-refractivity contribution in [3.8, 4) is 11.1 Å². The Morgan fingerprint density at radius 1 is 0.846 bits per heavy atom. The molecule has 2 aliphatic rings. The Hall–Kier alpha value is -1.76. The van der Waals surface area contributed by atoms with Gasteiger partial charge < -0.3 is 4.90 Å². The molecule has 4 atom stereocenters. The van der Waals surface area contributed by atoms with E-state index >= 15 is 0 Å². The lowest BCUT2D eigenvalue weighted by molar-refractivity contribution is 0.532. The van der Waals surface area contributed by atoms with Gasteiger partial charge in [-0.2, -0.15) is 0 Å². The Balaban J connectivity index is 0.00000121. The van der Waals surface area contributed by atoms with E-state index in [2.05, 4.69) is 75.9 Å². The molecule has 0 fully saturated rings. The Bertz CT molecular complexity index is 776. The Kier molecular flexibility index (Phi) is 5.90. The summed E-state index contributed by atoms with van der Waals surface area (Å²) >= 11 is 0. The average molecular weight is 352 g/mol. The van der Waals surface area contributed by atoms with Crippen LogP contribution in [-0.2, 0) is 6.42 Å². The zero-order valence-corrected chi connectivity index (χ0v) is 15.6. The molecule has 1 heterocycles. The third-order valence-electron chi connectivity index (χ3n) is 6.77. The number of para-hydroxylation sites is 1. The van der Waals surface area contributed by atoms with Crippen LogP contribution in [0.15, 0.2) is 36.4 Å². The highest BCUT2D eigenvalue weighted by Crippen LogP contribution is 2.49. The van der Waals surface area contributed by atoms with Gasteiger partial charge in [0.25, 0.3) is 0 Å². The number of anilines is 1. The predicted octanol–water partition coefficient (Wildman–Crippen LogP) is 7.25. The normalized spacial score (nSPS) is 26.0. The van der Waals surface area contributed by atoms with Crippen molar-refractivity contribution in [2.24, 2.45) is 5.92 Å². The van der Waals surface area contributed by atoms with E-state index in [1.54, 1.807) is 11.1 Å². The molecule has 2 aromatic rings. The molecular formula is C25H37N. The van der Waals surface area contributed by atoms with Crippen molar-refractivity contribution < 1.29 is 0 Å². The molecule has 0 unspecified atom stereocenters. The maximum atomic E-state index is 2.61. The summed E-state index contributed by atoms with van der Waals surface area (Å²) in [5.74, 6) is 2.03. The maximum Gasteiger partial charge on any atom is 0.0484 e. The number of likely N-dealkylation sites (N-methyl/N-ethyl adjacent to an activating group) is 1. The fraction of sp³-hybridized carbons (Fsp3) is 0.520. The minimum absolute atomic E-state index is 0. The summed E-state index contributed by atoms with van der Waals surface area (Å²) in [5, 5.41) is 0. The summed E-state index contributed by atoms with van der Waals surface area (Å²) in [7, 11) is 0. The van der Waals surface area contributed by atoms with Crippen LogP contribution in [0.3, 0.4) is 0 Å². The summed E-state index contributed by atoms with van der Waals surface area (Å²) in [6.07, 6.45) is 1.22. The average Bonchev–Trinajstić information content (AvgIpc) is 3.02. The van der Waals surface area contributed by atoms with E-state index in [4.69, 9.17) is 0 Å². The van der Waals surface area contributed by atoms with Crippen molar-refractivity contribution in [1.29, 1.82) is 0 Å². The van der Waals surface area contributed by atoms with E-state index < -0.39 is 0 Å². The second-order valence-electron chi connectivity index (χ2n) is 7.90. The highest BCUT2D eigenvalue weighted by Gasteiger charge is 2.35. The highest BCUT2D eigenvalue weighted by molar-refractivity contribution is 5.86. The molecule has 0 N–H and O–H groups in total. The molecule has 0 spiro atoms. The minimum atomic E-state index is 0. The van der Waals surface area contributed by atoms with E-state index in [1.165, 1.54) is 28.8 Å². The summed E-state index contributed by atoms with van der Waals surface area (Å²) in [5.41, 5.74) is 9.09. The molecule has 26 heavy (non-hydrogen) atoms. The maximum absolute atomic E-state index is 2.61. The van der Waals surface area contributed by atoms with Crippen LogP contribution in [0, 0.1) is 5.92 Å². The Morgan fingerprint density at radius 2 is 1.46 bits per heavy atom. The van der Waals surface area contributed by atoms with Gasteiger partial charge >= 0.3 is 0 Å². The van der Waals surface area contributed by atoms with Crippen LogP contribution in [0.4, 0.5) is 5.69 Å². The lowest BCUT2D eigenvalue weighted by Crippen LogP contribution is -2.30. The van der Waals surface area contributed by atoms with Crippen molar-refractivity contribution in [1.82, 2.24) is 0 Å². The first-order valence-corrected chi connectivity index (χ1v) is 9.56. The molecular weight excluding hydrogens is 314 g/mol. The number of benzene rings is 2. The predicted molar refractivity (Wildman–Crippen MR) is 118 cm³/mol. The fourth-order valence-electron chi connectivity index (χ4n) is 4.96. The summed E-state index contributed by atoms with van der Waals surface area (Å²) in [6.45, 7) is 12.9. The van der Waals surface area contributed by atoms with Crippen molar-refractivity contribution >= 4 is 5.69 Å². The van der Waals surface area contributed by atoms with Crippen molar-refractivity contribution in [3.63, 3.8) is 0 Å². The van der Waals surface area contributed by atoms with Gasteiger partial charge in [-0.15, -0.1) is 0 Å². The van der Waals surface area contributed by atoms with E-state index in [1.807, 2.05) is 0 Å². The summed E-state index contributed by atoms with van der Waals surface area (Å²) in [6, 6.07) is 14.5. The molecule has 0 saturated carbocycles. The first kappa shape index (κ1) is 20.6. The monoisotopic (exact) mass is 351 g/mol. The first-order valence-electron chi connectivity index (χ1n) is 9.56. The van der Waals surface area contributed by atoms with Crippen molar-refractivity contribution in [2.75, 3.05) is 11.4 Å². The van der Waals surface area contributed by atoms with Crippen LogP contribution in [0.25, 0.3) is 11.1 Å². The van der Waals surface area contributed by atoms with Gasteiger partial charge in [0.15, 0.2) is 0 Å². The topological polar surface area (TPSA) is 3.24 Å². The third-order valence-corrected chi connectivity index (χ3v) is 6.77. The number of hydrogen-bond donors (Lipinski definition) is 0. The molecule has 0 radical (unpaired) electrons. The van der Waals surface area contributed by atoms with Gasteiger partial charge in [-0.1, -0.05) is 72.0 Å². The van der Waals surface area contributed by atoms with Crippen LogP contribution in [0.5, 0.6) is 0 Å². The Morgan fingerprint density at radius 3 is 2.12 bits per heavy atom. The molecule has 1 heteroatoms. The van der Waals surface area contributed by atoms with Gasteiger partial charge in [0.05, 0.1) is 0 Å². The molecule has 1 nitrogen and oxygen atoms in total. The van der Waals surface area contributed by atoms with Gasteiger partial charge in [-0.25, -0.2) is 0 Å². The molecule has 142 valence electrons. The van der Waals surface area contributed by atoms with Gasteiger partial charge in [0.1, 0.15) is 0 Å². The van der Waals surface area contributed by atoms with Crippen molar-refractivity contribution in [2.45, 2.75) is 73.8 Å². The zero-order valence-electron chi connectivity index (χ0n) is 15.6. The number of hydrogen-bond acceptors (Lipinski definition) is 1. The van der Waals surface area contributed by atoms with Crippen LogP contribution >= 0.6 is 0 Å². The smallest absolute Gasteiger partial charge is 0.0484 e. The third kappa shape index (κ3) is 2.76. The molecule has 1 aliphatic carbocycles. The van der Waals surface area contributed by atoms with Gasteiger partial charge in [-0.05, 0) is 54.4 Å². The molecule has 2 aromatic carbocycles. The molecule has 1 aliphatic heterocycles.